The summed E-state index contributed by atoms with van der Waals surface area (Å²) in [5.74, 6) is -0.482. The van der Waals surface area contributed by atoms with E-state index in [4.69, 9.17) is 9.11 Å². The van der Waals surface area contributed by atoms with Gasteiger partial charge in [0.05, 0.1) is 11.5 Å². The van der Waals surface area contributed by atoms with Gasteiger partial charge in [0.15, 0.2) is 0 Å². The smallest absolute Gasteiger partial charge is 0.264 e. The van der Waals surface area contributed by atoms with Crippen molar-refractivity contribution in [2.75, 3.05) is 37.7 Å². The van der Waals surface area contributed by atoms with Crippen LogP contribution in [0.2, 0.25) is 0 Å². The van der Waals surface area contributed by atoms with Crippen LogP contribution in [0.15, 0.2) is 47.9 Å². The molecule has 0 amide bonds. The van der Waals surface area contributed by atoms with E-state index in [1.54, 1.807) is 0 Å². The highest BCUT2D eigenvalue weighted by atomic mass is 32.2. The molecule has 0 spiro atoms. The van der Waals surface area contributed by atoms with Crippen LogP contribution >= 0.6 is 0 Å². The van der Waals surface area contributed by atoms with E-state index in [9.17, 15) is 16.8 Å². The quantitative estimate of drug-likeness (QED) is 0.548. The third-order valence-corrected chi connectivity index (χ3v) is 5.66. The van der Waals surface area contributed by atoms with Gasteiger partial charge in [-0.1, -0.05) is 12.2 Å². The van der Waals surface area contributed by atoms with Gasteiger partial charge in [0, 0.05) is 26.2 Å². The zero-order valence-corrected chi connectivity index (χ0v) is 16.0. The van der Waals surface area contributed by atoms with Crippen molar-refractivity contribution in [1.29, 1.82) is 0 Å². The first kappa shape index (κ1) is 20.7. The zero-order valence-electron chi connectivity index (χ0n) is 14.4. The Balaban J connectivity index is 1.76. The first-order chi connectivity index (χ1) is 12.1. The van der Waals surface area contributed by atoms with Gasteiger partial charge < -0.3 is 9.80 Å². The summed E-state index contributed by atoms with van der Waals surface area (Å²) in [6, 6.07) is 0. The summed E-state index contributed by atoms with van der Waals surface area (Å²) in [4.78, 5) is 3.95. The SMILES string of the molecule is O=S(=O)(O)CCCN1C=CC(C2=CCN(CCCS(=O)(=O)O)C=C2)=CC1. The van der Waals surface area contributed by atoms with Gasteiger partial charge in [0.25, 0.3) is 20.2 Å². The van der Waals surface area contributed by atoms with Crippen LogP contribution in [0.5, 0.6) is 0 Å². The van der Waals surface area contributed by atoms with E-state index >= 15 is 0 Å². The van der Waals surface area contributed by atoms with Crippen molar-refractivity contribution < 1.29 is 25.9 Å². The third-order valence-electron chi connectivity index (χ3n) is 4.05. The molecule has 26 heavy (non-hydrogen) atoms. The number of nitrogens with zero attached hydrogens (tertiary/aromatic N) is 2. The molecule has 0 unspecified atom stereocenters. The molecule has 0 atom stereocenters. The summed E-state index contributed by atoms with van der Waals surface area (Å²) < 4.78 is 60.3. The Morgan fingerprint density at radius 1 is 0.769 bits per heavy atom. The molecule has 2 N–H and O–H groups in total. The molecular formula is C16H24N2O6S2. The Morgan fingerprint density at radius 3 is 1.42 bits per heavy atom. The van der Waals surface area contributed by atoms with Gasteiger partial charge in [-0.2, -0.15) is 16.8 Å². The van der Waals surface area contributed by atoms with E-state index in [1.807, 2.05) is 34.4 Å². The second kappa shape index (κ2) is 8.85. The molecule has 2 aliphatic rings. The van der Waals surface area contributed by atoms with Crippen LogP contribution in [0, 0.1) is 0 Å². The molecule has 8 nitrogen and oxygen atoms in total. The number of hydrogen-bond donors (Lipinski definition) is 2. The van der Waals surface area contributed by atoms with Gasteiger partial charge in [0.2, 0.25) is 0 Å². The van der Waals surface area contributed by atoms with Crippen molar-refractivity contribution in [3.8, 4) is 0 Å². The summed E-state index contributed by atoms with van der Waals surface area (Å²) >= 11 is 0. The molecule has 2 aliphatic heterocycles. The molecule has 0 saturated heterocycles. The summed E-state index contributed by atoms with van der Waals surface area (Å²) in [5, 5.41) is 0. The van der Waals surface area contributed by atoms with Crippen LogP contribution in [0.3, 0.4) is 0 Å². The maximum absolute atomic E-state index is 10.7. The molecule has 2 heterocycles. The molecule has 0 bridgehead atoms. The minimum Gasteiger partial charge on any atom is -0.374 e. The number of allylic oxidation sites excluding steroid dienone is 4. The van der Waals surface area contributed by atoms with Gasteiger partial charge in [-0.25, -0.2) is 0 Å². The van der Waals surface area contributed by atoms with Gasteiger partial charge in [0.1, 0.15) is 0 Å². The van der Waals surface area contributed by atoms with Crippen LogP contribution in [-0.2, 0) is 20.2 Å². The second-order valence-corrected chi connectivity index (χ2v) is 9.36. The molecule has 0 aliphatic carbocycles. The van der Waals surface area contributed by atoms with Crippen LogP contribution in [0.25, 0.3) is 0 Å². The van der Waals surface area contributed by atoms with Crippen LogP contribution in [0.1, 0.15) is 12.8 Å². The fourth-order valence-corrected chi connectivity index (χ4v) is 3.71. The van der Waals surface area contributed by atoms with Gasteiger partial charge in [-0.3, -0.25) is 9.11 Å². The van der Waals surface area contributed by atoms with Crippen molar-refractivity contribution in [1.82, 2.24) is 9.80 Å². The van der Waals surface area contributed by atoms with Crippen molar-refractivity contribution in [2.24, 2.45) is 0 Å². The Kier molecular flexibility index (Phi) is 7.04. The highest BCUT2D eigenvalue weighted by Crippen LogP contribution is 2.20. The molecule has 10 heteroatoms. The van der Waals surface area contributed by atoms with Crippen LogP contribution in [-0.4, -0.2) is 73.4 Å². The minimum atomic E-state index is -3.91. The molecule has 0 aromatic rings. The molecule has 0 aromatic heterocycles. The Morgan fingerprint density at radius 2 is 1.15 bits per heavy atom. The topological polar surface area (TPSA) is 115 Å². The van der Waals surface area contributed by atoms with Crippen molar-refractivity contribution >= 4 is 20.2 Å². The molecule has 146 valence electrons. The molecular weight excluding hydrogens is 380 g/mol. The standard InChI is InChI=1S/C16H24N2O6S2/c19-25(20,21)13-1-7-17-9-3-15(4-10-17)16-5-11-18(12-6-16)8-2-14-26(22,23)24/h3-6,9,11H,1-2,7-8,10,12-14H2,(H,19,20,21)(H,22,23,24). The zero-order chi connectivity index (χ0) is 19.2. The maximum atomic E-state index is 10.7. The molecule has 0 radical (unpaired) electrons. The van der Waals surface area contributed by atoms with E-state index in [1.165, 1.54) is 0 Å². The molecule has 2 rings (SSSR count). The fourth-order valence-electron chi connectivity index (χ4n) is 2.72. The minimum absolute atomic E-state index is 0.241. The lowest BCUT2D eigenvalue weighted by Gasteiger charge is -2.25. The highest BCUT2D eigenvalue weighted by molar-refractivity contribution is 7.86. The second-order valence-electron chi connectivity index (χ2n) is 6.22. The van der Waals surface area contributed by atoms with Crippen molar-refractivity contribution in [3.63, 3.8) is 0 Å². The first-order valence-corrected chi connectivity index (χ1v) is 11.5. The van der Waals surface area contributed by atoms with E-state index in [0.29, 0.717) is 39.0 Å². The summed E-state index contributed by atoms with van der Waals surface area (Å²) in [6.45, 7) is 2.44. The Bertz CT molecular complexity index is 755. The monoisotopic (exact) mass is 404 g/mol. The van der Waals surface area contributed by atoms with Crippen LogP contribution < -0.4 is 0 Å². The summed E-state index contributed by atoms with van der Waals surface area (Å²) in [6.07, 6.45) is 12.6. The summed E-state index contributed by atoms with van der Waals surface area (Å²) in [7, 11) is -7.82. The van der Waals surface area contributed by atoms with E-state index in [0.717, 1.165) is 11.1 Å². The van der Waals surface area contributed by atoms with Gasteiger partial charge in [-0.15, -0.1) is 0 Å². The lowest BCUT2D eigenvalue weighted by Crippen LogP contribution is -2.25. The van der Waals surface area contributed by atoms with E-state index in [-0.39, 0.29) is 11.5 Å². The maximum Gasteiger partial charge on any atom is 0.264 e. The third kappa shape index (κ3) is 7.73. The van der Waals surface area contributed by atoms with E-state index in [2.05, 4.69) is 12.2 Å². The Labute approximate surface area is 154 Å². The number of rotatable bonds is 9. The average molecular weight is 405 g/mol. The molecule has 0 saturated carbocycles. The molecule has 0 aromatic carbocycles. The average Bonchev–Trinajstić information content (AvgIpc) is 2.54. The van der Waals surface area contributed by atoms with Crippen LogP contribution in [0.4, 0.5) is 0 Å². The largest absolute Gasteiger partial charge is 0.374 e. The van der Waals surface area contributed by atoms with Gasteiger partial charge in [-0.05, 0) is 48.5 Å². The highest BCUT2D eigenvalue weighted by Gasteiger charge is 2.12. The Hall–Kier alpha value is -1.62. The lowest BCUT2D eigenvalue weighted by molar-refractivity contribution is 0.402. The van der Waals surface area contributed by atoms with E-state index < -0.39 is 20.2 Å². The van der Waals surface area contributed by atoms with Crippen molar-refractivity contribution in [3.05, 3.63) is 47.9 Å². The van der Waals surface area contributed by atoms with Crippen molar-refractivity contribution in [2.45, 2.75) is 12.8 Å². The normalized spacial score (nSPS) is 18.1. The lowest BCUT2D eigenvalue weighted by atomic mass is 10.0. The summed E-state index contributed by atoms with van der Waals surface area (Å²) in [5.41, 5.74) is 2.15. The number of hydrogen-bond acceptors (Lipinski definition) is 6. The van der Waals surface area contributed by atoms with Gasteiger partial charge >= 0.3 is 0 Å². The molecule has 0 fully saturated rings. The fraction of sp³-hybridized carbons (Fsp3) is 0.500. The predicted octanol–water partition coefficient (Wildman–Crippen LogP) is 1.05. The first-order valence-electron chi connectivity index (χ1n) is 8.28. The predicted molar refractivity (Wildman–Crippen MR) is 99.7 cm³/mol.